The summed E-state index contributed by atoms with van der Waals surface area (Å²) in [5, 5.41) is 3.19. The standard InChI is InChI=1S/C19H23FN2O2/c1-14(19(23)22(2)3)21-12-15-6-5-9-18(11-15)24-13-16-7-4-8-17(20)10-16/h4-11,14,21H,12-13H2,1-3H3. The third-order valence-corrected chi connectivity index (χ3v) is 3.62. The van der Waals surface area contributed by atoms with Crippen molar-refractivity contribution >= 4 is 5.91 Å². The Morgan fingerprint density at radius 3 is 2.58 bits per heavy atom. The van der Waals surface area contributed by atoms with Gasteiger partial charge in [-0.25, -0.2) is 4.39 Å². The zero-order valence-electron chi connectivity index (χ0n) is 14.3. The largest absolute Gasteiger partial charge is 0.489 e. The second kappa shape index (κ2) is 8.45. The number of benzene rings is 2. The van der Waals surface area contributed by atoms with E-state index in [1.54, 1.807) is 25.1 Å². The van der Waals surface area contributed by atoms with Crippen molar-refractivity contribution < 1.29 is 13.9 Å². The van der Waals surface area contributed by atoms with E-state index in [0.29, 0.717) is 18.9 Å². The van der Waals surface area contributed by atoms with Gasteiger partial charge in [0.05, 0.1) is 6.04 Å². The SMILES string of the molecule is CC(NCc1cccc(OCc2cccc(F)c2)c1)C(=O)N(C)C. The van der Waals surface area contributed by atoms with E-state index in [0.717, 1.165) is 11.1 Å². The van der Waals surface area contributed by atoms with Crippen LogP contribution in [0.2, 0.25) is 0 Å². The molecule has 0 radical (unpaired) electrons. The molecule has 2 aromatic carbocycles. The molecule has 1 N–H and O–H groups in total. The number of halogens is 1. The Hall–Kier alpha value is -2.40. The van der Waals surface area contributed by atoms with Gasteiger partial charge >= 0.3 is 0 Å². The summed E-state index contributed by atoms with van der Waals surface area (Å²) in [6.07, 6.45) is 0. The molecule has 0 fully saturated rings. The van der Waals surface area contributed by atoms with Gasteiger partial charge in [-0.2, -0.15) is 0 Å². The molecule has 1 amide bonds. The van der Waals surface area contributed by atoms with Crippen LogP contribution in [0.25, 0.3) is 0 Å². The second-order valence-electron chi connectivity index (χ2n) is 5.90. The minimum Gasteiger partial charge on any atom is -0.489 e. The maximum Gasteiger partial charge on any atom is 0.238 e. The monoisotopic (exact) mass is 330 g/mol. The molecule has 0 bridgehead atoms. The van der Waals surface area contributed by atoms with E-state index in [1.165, 1.54) is 12.1 Å². The lowest BCUT2D eigenvalue weighted by Crippen LogP contribution is -2.41. The summed E-state index contributed by atoms with van der Waals surface area (Å²) in [7, 11) is 3.47. The van der Waals surface area contributed by atoms with Crippen LogP contribution in [0.3, 0.4) is 0 Å². The molecular weight excluding hydrogens is 307 g/mol. The van der Waals surface area contributed by atoms with Crippen LogP contribution < -0.4 is 10.1 Å². The van der Waals surface area contributed by atoms with E-state index in [1.807, 2.05) is 37.3 Å². The quantitative estimate of drug-likeness (QED) is 0.849. The fourth-order valence-corrected chi connectivity index (χ4v) is 2.28. The first kappa shape index (κ1) is 17.9. The molecule has 0 aliphatic heterocycles. The molecule has 128 valence electrons. The van der Waals surface area contributed by atoms with Crippen LogP contribution in [0, 0.1) is 5.82 Å². The molecule has 0 saturated heterocycles. The Labute approximate surface area is 142 Å². The number of nitrogens with one attached hydrogen (secondary N) is 1. The maximum absolute atomic E-state index is 13.2. The van der Waals surface area contributed by atoms with Gasteiger partial charge < -0.3 is 15.0 Å². The predicted molar refractivity (Wildman–Crippen MR) is 92.2 cm³/mol. The Kier molecular flexibility index (Phi) is 6.32. The van der Waals surface area contributed by atoms with E-state index >= 15 is 0 Å². The Bertz CT molecular complexity index is 689. The van der Waals surface area contributed by atoms with Gasteiger partial charge in [-0.3, -0.25) is 4.79 Å². The van der Waals surface area contributed by atoms with E-state index in [4.69, 9.17) is 4.74 Å². The highest BCUT2D eigenvalue weighted by Crippen LogP contribution is 2.16. The summed E-state index contributed by atoms with van der Waals surface area (Å²) >= 11 is 0. The number of ether oxygens (including phenoxy) is 1. The Morgan fingerprint density at radius 1 is 1.17 bits per heavy atom. The number of hydrogen-bond donors (Lipinski definition) is 1. The van der Waals surface area contributed by atoms with Crippen LogP contribution in [-0.4, -0.2) is 30.9 Å². The smallest absolute Gasteiger partial charge is 0.238 e. The molecule has 5 heteroatoms. The van der Waals surface area contributed by atoms with Crippen molar-refractivity contribution in [2.75, 3.05) is 14.1 Å². The molecule has 1 unspecified atom stereocenters. The lowest BCUT2D eigenvalue weighted by Gasteiger charge is -2.18. The highest BCUT2D eigenvalue weighted by Gasteiger charge is 2.13. The highest BCUT2D eigenvalue weighted by molar-refractivity contribution is 5.80. The molecule has 0 aliphatic carbocycles. The maximum atomic E-state index is 13.2. The summed E-state index contributed by atoms with van der Waals surface area (Å²) in [5.74, 6) is 0.479. The zero-order valence-corrected chi connectivity index (χ0v) is 14.3. The van der Waals surface area contributed by atoms with Gasteiger partial charge in [-0.1, -0.05) is 24.3 Å². The van der Waals surface area contributed by atoms with Gasteiger partial charge in [0.1, 0.15) is 18.2 Å². The van der Waals surface area contributed by atoms with Crippen molar-refractivity contribution in [2.24, 2.45) is 0 Å². The van der Waals surface area contributed by atoms with Crippen molar-refractivity contribution in [1.82, 2.24) is 10.2 Å². The zero-order chi connectivity index (χ0) is 17.5. The minimum absolute atomic E-state index is 0.0357. The van der Waals surface area contributed by atoms with Gasteiger partial charge in [0.25, 0.3) is 0 Å². The summed E-state index contributed by atoms with van der Waals surface area (Å²) in [5.41, 5.74) is 1.80. The normalized spacial score (nSPS) is 11.8. The summed E-state index contributed by atoms with van der Waals surface area (Å²) in [4.78, 5) is 13.4. The topological polar surface area (TPSA) is 41.6 Å². The van der Waals surface area contributed by atoms with Crippen molar-refractivity contribution in [3.63, 3.8) is 0 Å². The van der Waals surface area contributed by atoms with E-state index in [-0.39, 0.29) is 17.8 Å². The average Bonchev–Trinajstić information content (AvgIpc) is 2.57. The number of amides is 1. The number of carbonyl (C=O) groups excluding carboxylic acids is 1. The molecule has 0 spiro atoms. The first-order valence-corrected chi connectivity index (χ1v) is 7.86. The minimum atomic E-state index is -0.270. The summed E-state index contributed by atoms with van der Waals surface area (Å²) in [6, 6.07) is 13.7. The van der Waals surface area contributed by atoms with Gasteiger partial charge in [-0.05, 0) is 42.3 Å². The number of carbonyl (C=O) groups is 1. The first-order chi connectivity index (χ1) is 11.5. The molecule has 24 heavy (non-hydrogen) atoms. The Balaban J connectivity index is 1.90. The molecule has 0 heterocycles. The molecule has 0 aromatic heterocycles. The average molecular weight is 330 g/mol. The van der Waals surface area contributed by atoms with Crippen molar-refractivity contribution in [1.29, 1.82) is 0 Å². The van der Waals surface area contributed by atoms with E-state index in [2.05, 4.69) is 5.32 Å². The second-order valence-corrected chi connectivity index (χ2v) is 5.90. The first-order valence-electron chi connectivity index (χ1n) is 7.86. The fraction of sp³-hybridized carbons (Fsp3) is 0.316. The number of hydrogen-bond acceptors (Lipinski definition) is 3. The fourth-order valence-electron chi connectivity index (χ4n) is 2.28. The van der Waals surface area contributed by atoms with Gasteiger partial charge in [0.15, 0.2) is 0 Å². The van der Waals surface area contributed by atoms with E-state index < -0.39 is 0 Å². The van der Waals surface area contributed by atoms with Crippen molar-refractivity contribution in [3.05, 3.63) is 65.5 Å². The third-order valence-electron chi connectivity index (χ3n) is 3.62. The number of rotatable bonds is 7. The van der Waals surface area contributed by atoms with Crippen LogP contribution >= 0.6 is 0 Å². The van der Waals surface area contributed by atoms with Crippen LogP contribution in [0.4, 0.5) is 4.39 Å². The summed E-state index contributed by atoms with van der Waals surface area (Å²) in [6.45, 7) is 2.72. The van der Waals surface area contributed by atoms with Crippen LogP contribution in [-0.2, 0) is 17.9 Å². The summed E-state index contributed by atoms with van der Waals surface area (Å²) < 4.78 is 18.9. The van der Waals surface area contributed by atoms with Crippen LogP contribution in [0.15, 0.2) is 48.5 Å². The Morgan fingerprint density at radius 2 is 1.88 bits per heavy atom. The lowest BCUT2D eigenvalue weighted by atomic mass is 10.2. The molecule has 1 atom stereocenters. The molecule has 0 aliphatic rings. The molecular formula is C19H23FN2O2. The van der Waals surface area contributed by atoms with Crippen LogP contribution in [0.5, 0.6) is 5.75 Å². The molecule has 0 saturated carbocycles. The number of nitrogens with zero attached hydrogens (tertiary/aromatic N) is 1. The van der Waals surface area contributed by atoms with Crippen molar-refractivity contribution in [3.8, 4) is 5.75 Å². The third kappa shape index (κ3) is 5.35. The highest BCUT2D eigenvalue weighted by atomic mass is 19.1. The predicted octanol–water partition coefficient (Wildman–Crippen LogP) is 2.97. The molecule has 2 rings (SSSR count). The van der Waals surface area contributed by atoms with Gasteiger partial charge in [0.2, 0.25) is 5.91 Å². The van der Waals surface area contributed by atoms with Crippen LogP contribution in [0.1, 0.15) is 18.1 Å². The van der Waals surface area contributed by atoms with E-state index in [9.17, 15) is 9.18 Å². The van der Waals surface area contributed by atoms with Gasteiger partial charge in [-0.15, -0.1) is 0 Å². The number of likely N-dealkylation sites (N-methyl/N-ethyl adjacent to an activating group) is 1. The molecule has 2 aromatic rings. The van der Waals surface area contributed by atoms with Gasteiger partial charge in [0, 0.05) is 20.6 Å². The van der Waals surface area contributed by atoms with Crippen molar-refractivity contribution in [2.45, 2.75) is 26.1 Å². The molecule has 4 nitrogen and oxygen atoms in total. The lowest BCUT2D eigenvalue weighted by molar-refractivity contribution is -0.130.